The molecule has 4 rings (SSSR count). The first-order chi connectivity index (χ1) is 12.7. The number of rotatable bonds is 6. The van der Waals surface area contributed by atoms with Gasteiger partial charge in [-0.3, -0.25) is 0 Å². The van der Waals surface area contributed by atoms with Gasteiger partial charge >= 0.3 is 0 Å². The zero-order chi connectivity index (χ0) is 19.4. The van der Waals surface area contributed by atoms with E-state index in [-0.39, 0.29) is 22.9 Å². The van der Waals surface area contributed by atoms with Crippen LogP contribution in [0.2, 0.25) is 0 Å². The predicted octanol–water partition coefficient (Wildman–Crippen LogP) is 3.16. The van der Waals surface area contributed by atoms with Gasteiger partial charge in [0, 0.05) is 23.0 Å². The summed E-state index contributed by atoms with van der Waals surface area (Å²) in [4.78, 5) is 12.3. The van der Waals surface area contributed by atoms with Crippen molar-refractivity contribution in [3.63, 3.8) is 0 Å². The Balaban J connectivity index is 1.59. The average Bonchev–Trinajstić information content (AvgIpc) is 3.37. The molecule has 0 radical (unpaired) electrons. The lowest BCUT2D eigenvalue weighted by Gasteiger charge is -2.22. The Morgan fingerprint density at radius 3 is 2.26 bits per heavy atom. The molecule has 27 heavy (non-hydrogen) atoms. The highest BCUT2D eigenvalue weighted by molar-refractivity contribution is 5.80. The van der Waals surface area contributed by atoms with Crippen molar-refractivity contribution in [2.75, 3.05) is 0 Å². The minimum Gasteiger partial charge on any atom is -0.550 e. The van der Waals surface area contributed by atoms with Gasteiger partial charge in [0.2, 0.25) is 0 Å². The predicted molar refractivity (Wildman–Crippen MR) is 102 cm³/mol. The van der Waals surface area contributed by atoms with Gasteiger partial charge in [-0.25, -0.2) is 0 Å². The fourth-order valence-electron chi connectivity index (χ4n) is 4.92. The van der Waals surface area contributed by atoms with Crippen molar-refractivity contribution >= 4 is 5.97 Å². The first-order valence-corrected chi connectivity index (χ1v) is 9.49. The summed E-state index contributed by atoms with van der Waals surface area (Å²) in [5.74, 6) is 0.588. The van der Waals surface area contributed by atoms with E-state index in [4.69, 9.17) is 4.74 Å². The lowest BCUT2D eigenvalue weighted by atomic mass is 9.88. The number of carboxylic acids is 1. The van der Waals surface area contributed by atoms with E-state index in [0.29, 0.717) is 12.2 Å². The number of nitrogens with one attached hydrogen (secondary N) is 1. The van der Waals surface area contributed by atoms with E-state index in [1.165, 1.54) is 0 Å². The van der Waals surface area contributed by atoms with Crippen molar-refractivity contribution in [1.82, 2.24) is 5.32 Å². The van der Waals surface area contributed by atoms with E-state index in [0.717, 1.165) is 11.3 Å². The topological polar surface area (TPSA) is 71.3 Å². The molecule has 0 amide bonds. The van der Waals surface area contributed by atoms with Crippen molar-refractivity contribution in [3.8, 4) is 11.5 Å². The van der Waals surface area contributed by atoms with E-state index < -0.39 is 11.4 Å². The smallest absolute Gasteiger partial charge is 0.127 e. The Bertz CT molecular complexity index is 874. The third kappa shape index (κ3) is 2.83. The molecule has 3 atom stereocenters. The summed E-state index contributed by atoms with van der Waals surface area (Å²) in [6.07, 6.45) is 0.452. The van der Waals surface area contributed by atoms with Gasteiger partial charge < -0.3 is 20.0 Å². The third-order valence-electron chi connectivity index (χ3n) is 6.65. The number of hydrogen-bond acceptors (Lipinski definition) is 4. The highest BCUT2D eigenvalue weighted by Gasteiger charge is 2.78. The molecule has 0 unspecified atom stereocenters. The number of para-hydroxylation sites is 1. The second-order valence-corrected chi connectivity index (χ2v) is 9.04. The summed E-state index contributed by atoms with van der Waals surface area (Å²) in [6, 6.07) is 17.5. The largest absolute Gasteiger partial charge is 0.550 e. The van der Waals surface area contributed by atoms with Crippen LogP contribution in [0.15, 0.2) is 54.6 Å². The van der Waals surface area contributed by atoms with E-state index in [1.54, 1.807) is 0 Å². The highest BCUT2D eigenvalue weighted by atomic mass is 16.5. The second-order valence-electron chi connectivity index (χ2n) is 9.04. The van der Waals surface area contributed by atoms with Gasteiger partial charge in [0.25, 0.3) is 0 Å². The van der Waals surface area contributed by atoms with Crippen LogP contribution in [-0.2, 0) is 11.2 Å². The standard InChI is InChI=1S/C23H27NO3/c1-21(2)18(19-22(3,4)24-19)23(21,20(25)26)14-15-9-8-12-17(13-15)27-16-10-6-5-7-11-16/h5-13,18-19,24H,14H2,1-4H3,(H,25,26)/p-1/t18-,19-,23-/m0/s1. The summed E-state index contributed by atoms with van der Waals surface area (Å²) < 4.78 is 5.91. The zero-order valence-electron chi connectivity index (χ0n) is 16.3. The minimum absolute atomic E-state index is 0.00257. The molecule has 2 aliphatic rings. The first-order valence-electron chi connectivity index (χ1n) is 9.49. The van der Waals surface area contributed by atoms with Crippen LogP contribution >= 0.6 is 0 Å². The molecule has 1 aliphatic carbocycles. The van der Waals surface area contributed by atoms with Gasteiger partial charge in [0.15, 0.2) is 0 Å². The Kier molecular flexibility index (Phi) is 3.90. The minimum atomic E-state index is -0.948. The van der Waals surface area contributed by atoms with E-state index in [2.05, 4.69) is 19.2 Å². The van der Waals surface area contributed by atoms with E-state index >= 15 is 0 Å². The lowest BCUT2D eigenvalue weighted by molar-refractivity contribution is -0.315. The SMILES string of the molecule is CC1(C)N[C@H]1[C@H]1C(C)(C)[C@]1(Cc1cccc(Oc2ccccc2)c1)C(=O)[O-]. The van der Waals surface area contributed by atoms with Crippen molar-refractivity contribution in [2.24, 2.45) is 16.7 Å². The molecule has 2 aromatic rings. The van der Waals surface area contributed by atoms with Gasteiger partial charge in [-0.2, -0.15) is 0 Å². The monoisotopic (exact) mass is 364 g/mol. The summed E-state index contributed by atoms with van der Waals surface area (Å²) >= 11 is 0. The fraction of sp³-hybridized carbons (Fsp3) is 0.435. The van der Waals surface area contributed by atoms with E-state index in [9.17, 15) is 9.90 Å². The highest BCUT2D eigenvalue weighted by Crippen LogP contribution is 2.74. The third-order valence-corrected chi connectivity index (χ3v) is 6.65. The molecule has 0 spiro atoms. The van der Waals surface area contributed by atoms with Crippen LogP contribution in [-0.4, -0.2) is 17.6 Å². The zero-order valence-corrected chi connectivity index (χ0v) is 16.3. The Hall–Kier alpha value is -2.33. The molecular formula is C23H26NO3-. The number of carbonyl (C=O) groups is 1. The van der Waals surface area contributed by atoms with E-state index in [1.807, 2.05) is 68.4 Å². The van der Waals surface area contributed by atoms with Crippen molar-refractivity contribution in [3.05, 3.63) is 60.2 Å². The molecule has 4 nitrogen and oxygen atoms in total. The van der Waals surface area contributed by atoms with Crippen LogP contribution in [0, 0.1) is 16.7 Å². The number of hydrogen-bond donors (Lipinski definition) is 1. The van der Waals surface area contributed by atoms with Crippen molar-refractivity contribution < 1.29 is 14.6 Å². The Morgan fingerprint density at radius 1 is 1.04 bits per heavy atom. The van der Waals surface area contributed by atoms with Gasteiger partial charge in [0.05, 0.1) is 0 Å². The van der Waals surface area contributed by atoms with Gasteiger partial charge in [-0.15, -0.1) is 0 Å². The molecule has 2 aromatic carbocycles. The summed E-state index contributed by atoms with van der Waals surface area (Å²) in [5.41, 5.74) is -0.212. The number of ether oxygens (including phenoxy) is 1. The number of benzene rings is 2. The number of carboxylic acid groups (broad SMARTS) is 1. The lowest BCUT2D eigenvalue weighted by Crippen LogP contribution is -2.38. The fourth-order valence-corrected chi connectivity index (χ4v) is 4.92. The summed E-state index contributed by atoms with van der Waals surface area (Å²) in [6.45, 7) is 8.35. The maximum absolute atomic E-state index is 12.3. The molecule has 2 fully saturated rings. The molecule has 1 N–H and O–H groups in total. The quantitative estimate of drug-likeness (QED) is 0.799. The van der Waals surface area contributed by atoms with Crippen LogP contribution in [0.25, 0.3) is 0 Å². The summed E-state index contributed by atoms with van der Waals surface area (Å²) in [7, 11) is 0. The molecule has 1 heterocycles. The van der Waals surface area contributed by atoms with Crippen LogP contribution in [0.1, 0.15) is 33.3 Å². The maximum Gasteiger partial charge on any atom is 0.127 e. The summed E-state index contributed by atoms with van der Waals surface area (Å²) in [5, 5.41) is 15.7. The Labute approximate surface area is 160 Å². The van der Waals surface area contributed by atoms with Crippen LogP contribution in [0.5, 0.6) is 11.5 Å². The number of aliphatic carboxylic acids is 1. The van der Waals surface area contributed by atoms with Gasteiger partial charge in [-0.1, -0.05) is 44.2 Å². The molecular weight excluding hydrogens is 338 g/mol. The molecule has 0 bridgehead atoms. The molecule has 1 saturated carbocycles. The molecule has 4 heteroatoms. The normalized spacial score (nSPS) is 29.8. The van der Waals surface area contributed by atoms with Gasteiger partial charge in [-0.05, 0) is 61.4 Å². The van der Waals surface area contributed by atoms with Crippen LogP contribution in [0.3, 0.4) is 0 Å². The average molecular weight is 364 g/mol. The van der Waals surface area contributed by atoms with Crippen LogP contribution in [0.4, 0.5) is 0 Å². The molecule has 1 aliphatic heterocycles. The number of carbonyl (C=O) groups excluding carboxylic acids is 1. The van der Waals surface area contributed by atoms with Crippen molar-refractivity contribution in [2.45, 2.75) is 45.7 Å². The molecule has 0 aromatic heterocycles. The van der Waals surface area contributed by atoms with Crippen LogP contribution < -0.4 is 15.2 Å². The Morgan fingerprint density at radius 2 is 1.67 bits per heavy atom. The first kappa shape index (κ1) is 18.1. The molecule has 1 saturated heterocycles. The second kappa shape index (κ2) is 5.83. The molecule has 142 valence electrons. The maximum atomic E-state index is 12.3. The van der Waals surface area contributed by atoms with Gasteiger partial charge in [0.1, 0.15) is 11.5 Å². The van der Waals surface area contributed by atoms with Crippen molar-refractivity contribution in [1.29, 1.82) is 0 Å².